The van der Waals surface area contributed by atoms with Crippen molar-refractivity contribution in [2.24, 2.45) is 0 Å². The number of allylic oxidation sites excluding steroid dienone is 16. The van der Waals surface area contributed by atoms with Gasteiger partial charge in [-0.3, -0.25) is 9.59 Å². The van der Waals surface area contributed by atoms with Crippen LogP contribution in [0.1, 0.15) is 181 Å². The van der Waals surface area contributed by atoms with Gasteiger partial charge in [0.25, 0.3) is 0 Å². The number of aliphatic carboxylic acids is 1. The van der Waals surface area contributed by atoms with E-state index in [1.807, 2.05) is 21.1 Å². The number of nitrogens with zero attached hydrogens (tertiary/aromatic N) is 1. The van der Waals surface area contributed by atoms with E-state index < -0.39 is 18.1 Å². The number of carboxylic acids is 1. The van der Waals surface area contributed by atoms with Crippen molar-refractivity contribution in [3.63, 3.8) is 0 Å². The van der Waals surface area contributed by atoms with Crippen molar-refractivity contribution in [2.45, 2.75) is 193 Å². The number of ether oxygens (including phenoxy) is 3. The zero-order valence-corrected chi connectivity index (χ0v) is 40.7. The Morgan fingerprint density at radius 1 is 0.492 bits per heavy atom. The highest BCUT2D eigenvalue weighted by molar-refractivity contribution is 5.72. The topological polar surface area (TPSA) is 99.1 Å². The van der Waals surface area contributed by atoms with E-state index in [0.717, 1.165) is 77.0 Å². The molecule has 0 aromatic carbocycles. The SMILES string of the molecule is CC/C=C/C/C=C/C/C=C/C/C=C/CCCCCCCCCCCC(=O)OC(COCCC(C(=O)O)[N+](C)(C)C)COC(=O)CCC/C=C/C/C=C/C/C=C/C/C=C/CCCCC. The smallest absolute Gasteiger partial charge is 0.362 e. The number of carbonyl (C=O) groups is 3. The van der Waals surface area contributed by atoms with Crippen LogP contribution in [0.5, 0.6) is 0 Å². The van der Waals surface area contributed by atoms with E-state index in [1.165, 1.54) is 64.2 Å². The van der Waals surface area contributed by atoms with E-state index in [4.69, 9.17) is 14.2 Å². The van der Waals surface area contributed by atoms with Crippen LogP contribution in [0.15, 0.2) is 97.2 Å². The number of likely N-dealkylation sites (N-methyl/N-ethyl adjacent to an activating group) is 1. The van der Waals surface area contributed by atoms with Gasteiger partial charge in [-0.25, -0.2) is 4.79 Å². The van der Waals surface area contributed by atoms with Crippen molar-refractivity contribution in [3.05, 3.63) is 97.2 Å². The lowest BCUT2D eigenvalue weighted by Gasteiger charge is -2.31. The molecular weight excluding hydrogens is 787 g/mol. The Morgan fingerprint density at radius 2 is 0.905 bits per heavy atom. The van der Waals surface area contributed by atoms with Gasteiger partial charge in [0.05, 0.1) is 34.4 Å². The predicted molar refractivity (Wildman–Crippen MR) is 266 cm³/mol. The largest absolute Gasteiger partial charge is 0.477 e. The molecule has 0 radical (unpaired) electrons. The lowest BCUT2D eigenvalue weighted by atomic mass is 10.1. The second-order valence-electron chi connectivity index (χ2n) is 17.3. The van der Waals surface area contributed by atoms with Gasteiger partial charge in [-0.2, -0.15) is 0 Å². The van der Waals surface area contributed by atoms with Gasteiger partial charge in [-0.05, 0) is 89.9 Å². The van der Waals surface area contributed by atoms with Gasteiger partial charge in [0.2, 0.25) is 0 Å². The first-order valence-corrected chi connectivity index (χ1v) is 24.8. The Labute approximate surface area is 386 Å². The van der Waals surface area contributed by atoms with Crippen LogP contribution in [0.25, 0.3) is 0 Å². The average molecular weight is 879 g/mol. The minimum atomic E-state index is -0.886. The second-order valence-corrected chi connectivity index (χ2v) is 17.3. The van der Waals surface area contributed by atoms with E-state index in [0.29, 0.717) is 19.3 Å². The molecule has 2 atom stereocenters. The molecule has 63 heavy (non-hydrogen) atoms. The maximum absolute atomic E-state index is 12.8. The maximum atomic E-state index is 12.8. The third-order valence-corrected chi connectivity index (χ3v) is 10.5. The minimum Gasteiger partial charge on any atom is -0.477 e. The van der Waals surface area contributed by atoms with Gasteiger partial charge in [-0.1, -0.05) is 169 Å². The van der Waals surface area contributed by atoms with Crippen LogP contribution in [0.2, 0.25) is 0 Å². The van der Waals surface area contributed by atoms with Crippen molar-refractivity contribution in [1.82, 2.24) is 0 Å². The van der Waals surface area contributed by atoms with Crippen LogP contribution in [-0.2, 0) is 28.6 Å². The molecule has 0 saturated carbocycles. The van der Waals surface area contributed by atoms with E-state index in [-0.39, 0.29) is 42.7 Å². The summed E-state index contributed by atoms with van der Waals surface area (Å²) >= 11 is 0. The van der Waals surface area contributed by atoms with Crippen molar-refractivity contribution < 1.29 is 38.2 Å². The standard InChI is InChI=1S/C55H91NO7/c1-6-8-10-12-14-16-18-20-22-24-25-26-27-28-30-32-34-36-38-40-42-44-46-54(58)63-51(49-61-48-47-52(55(59)60)56(3,4)5)50-62-53(57)45-43-41-39-37-35-33-31-29-23-21-19-17-15-13-11-9-7-2/h8,10,14-17,20-23,25-26,31,33,37,39,51-52H,6-7,9,11-13,18-19,24,27-30,32,34-36,38,40-50H2,1-5H3/p+1/b10-8+,16-14+,17-15+,22-20+,23-21+,26-25+,33-31+,39-37+. The number of quaternary nitrogens is 1. The lowest BCUT2D eigenvalue weighted by Crippen LogP contribution is -2.50. The van der Waals surface area contributed by atoms with Crippen molar-refractivity contribution in [3.8, 4) is 0 Å². The molecule has 0 aromatic heterocycles. The molecule has 0 saturated heterocycles. The number of hydrogen-bond acceptors (Lipinski definition) is 6. The fourth-order valence-electron chi connectivity index (χ4n) is 6.66. The van der Waals surface area contributed by atoms with Gasteiger partial charge < -0.3 is 23.8 Å². The van der Waals surface area contributed by atoms with Crippen LogP contribution < -0.4 is 0 Å². The Kier molecular flexibility index (Phi) is 42.2. The van der Waals surface area contributed by atoms with Crippen LogP contribution in [0, 0.1) is 0 Å². The first-order valence-electron chi connectivity index (χ1n) is 24.8. The fraction of sp³-hybridized carbons (Fsp3) is 0.655. The van der Waals surface area contributed by atoms with Crippen LogP contribution in [0.3, 0.4) is 0 Å². The Hall–Kier alpha value is -3.75. The quantitative estimate of drug-likeness (QED) is 0.0282. The van der Waals surface area contributed by atoms with E-state index in [9.17, 15) is 19.5 Å². The highest BCUT2D eigenvalue weighted by Crippen LogP contribution is 2.14. The first-order chi connectivity index (χ1) is 30.6. The molecule has 8 heteroatoms. The summed E-state index contributed by atoms with van der Waals surface area (Å²) in [5.41, 5.74) is 0. The highest BCUT2D eigenvalue weighted by atomic mass is 16.6. The molecule has 2 unspecified atom stereocenters. The molecule has 0 bridgehead atoms. The molecule has 1 N–H and O–H groups in total. The van der Waals surface area contributed by atoms with Crippen LogP contribution in [-0.4, -0.2) is 80.6 Å². The molecule has 0 aliphatic heterocycles. The van der Waals surface area contributed by atoms with Gasteiger partial charge in [0.15, 0.2) is 12.1 Å². The van der Waals surface area contributed by atoms with E-state index in [2.05, 4.69) is 111 Å². The molecule has 358 valence electrons. The summed E-state index contributed by atoms with van der Waals surface area (Å²) in [4.78, 5) is 37.1. The normalized spacial score (nSPS) is 13.7. The van der Waals surface area contributed by atoms with Crippen molar-refractivity contribution >= 4 is 17.9 Å². The number of esters is 2. The molecular formula is C55H92NO7+. The Balaban J connectivity index is 4.37. The molecule has 0 heterocycles. The predicted octanol–water partition coefficient (Wildman–Crippen LogP) is 14.2. The van der Waals surface area contributed by atoms with Gasteiger partial charge in [0.1, 0.15) is 6.61 Å². The zero-order chi connectivity index (χ0) is 46.3. The van der Waals surface area contributed by atoms with Gasteiger partial charge in [0, 0.05) is 19.3 Å². The molecule has 8 nitrogen and oxygen atoms in total. The summed E-state index contributed by atoms with van der Waals surface area (Å²) in [5, 5.41) is 9.65. The summed E-state index contributed by atoms with van der Waals surface area (Å²) in [5.74, 6) is -1.56. The fourth-order valence-corrected chi connectivity index (χ4v) is 6.66. The first kappa shape index (κ1) is 59.2. The molecule has 0 aliphatic rings. The molecule has 0 spiro atoms. The third-order valence-electron chi connectivity index (χ3n) is 10.5. The molecule has 0 amide bonds. The lowest BCUT2D eigenvalue weighted by molar-refractivity contribution is -0.887. The zero-order valence-electron chi connectivity index (χ0n) is 40.7. The van der Waals surface area contributed by atoms with Crippen molar-refractivity contribution in [2.75, 3.05) is 41.0 Å². The van der Waals surface area contributed by atoms with Gasteiger partial charge >= 0.3 is 17.9 Å². The molecule has 0 aromatic rings. The maximum Gasteiger partial charge on any atom is 0.362 e. The third kappa shape index (κ3) is 43.3. The number of carbonyl (C=O) groups excluding carboxylic acids is 2. The van der Waals surface area contributed by atoms with E-state index in [1.54, 1.807) is 0 Å². The Bertz CT molecular complexity index is 1350. The molecule has 0 rings (SSSR count). The monoisotopic (exact) mass is 879 g/mol. The molecule has 0 aliphatic carbocycles. The summed E-state index contributed by atoms with van der Waals surface area (Å²) in [7, 11) is 5.51. The Morgan fingerprint density at radius 3 is 1.37 bits per heavy atom. The number of unbranched alkanes of at least 4 members (excludes halogenated alkanes) is 13. The van der Waals surface area contributed by atoms with Crippen LogP contribution >= 0.6 is 0 Å². The van der Waals surface area contributed by atoms with Crippen LogP contribution in [0.4, 0.5) is 0 Å². The minimum absolute atomic E-state index is 0.0359. The second kappa shape index (κ2) is 44.8. The van der Waals surface area contributed by atoms with Gasteiger partial charge in [-0.15, -0.1) is 0 Å². The summed E-state index contributed by atoms with van der Waals surface area (Å²) < 4.78 is 17.3. The van der Waals surface area contributed by atoms with Crippen molar-refractivity contribution in [1.29, 1.82) is 0 Å². The summed E-state index contributed by atoms with van der Waals surface area (Å²) in [6.07, 6.45) is 60.3. The number of rotatable bonds is 43. The number of hydrogen-bond donors (Lipinski definition) is 1. The van der Waals surface area contributed by atoms with E-state index >= 15 is 0 Å². The summed E-state index contributed by atoms with van der Waals surface area (Å²) in [6, 6.07) is -0.630. The highest BCUT2D eigenvalue weighted by Gasteiger charge is 2.31. The summed E-state index contributed by atoms with van der Waals surface area (Å²) in [6.45, 7) is 4.52. The number of carboxylic acid groups (broad SMARTS) is 1. The molecule has 0 fully saturated rings. The average Bonchev–Trinajstić information content (AvgIpc) is 3.24.